The molecule has 19 heavy (non-hydrogen) atoms. The van der Waals surface area contributed by atoms with E-state index in [1.54, 1.807) is 42.7 Å². The number of H-pyrrole nitrogens is 1. The summed E-state index contributed by atoms with van der Waals surface area (Å²) in [6.07, 6.45) is 5.34. The van der Waals surface area contributed by atoms with E-state index in [1.165, 1.54) is 10.6 Å². The van der Waals surface area contributed by atoms with Crippen LogP contribution in [0.25, 0.3) is 0 Å². The molecule has 0 aliphatic carbocycles. The fraction of sp³-hybridized carbons (Fsp3) is 0.308. The minimum Gasteiger partial charge on any atom is -0.347 e. The first-order valence-electron chi connectivity index (χ1n) is 6.04. The molecule has 6 nitrogen and oxygen atoms in total. The lowest BCUT2D eigenvalue weighted by Crippen LogP contribution is -2.29. The van der Waals surface area contributed by atoms with Crippen LogP contribution in [0.2, 0.25) is 0 Å². The van der Waals surface area contributed by atoms with Gasteiger partial charge in [0, 0.05) is 44.7 Å². The standard InChI is InChI=1S/C13H16N4O2/c1-16(10-11-14-6-7-15-11)12(18)5-9-17-8-3-2-4-13(17)19/h2-4,6-8H,5,9-10H2,1H3,(H,14,15). The molecular weight excluding hydrogens is 244 g/mol. The summed E-state index contributed by atoms with van der Waals surface area (Å²) in [4.78, 5) is 32.0. The Morgan fingerprint density at radius 2 is 2.32 bits per heavy atom. The molecule has 0 aliphatic heterocycles. The Kier molecular flexibility index (Phi) is 4.12. The minimum absolute atomic E-state index is 0.0212. The number of carbonyl (C=O) groups excluding carboxylic acids is 1. The van der Waals surface area contributed by atoms with E-state index in [4.69, 9.17) is 0 Å². The van der Waals surface area contributed by atoms with Gasteiger partial charge >= 0.3 is 0 Å². The van der Waals surface area contributed by atoms with Crippen molar-refractivity contribution in [1.82, 2.24) is 19.4 Å². The van der Waals surface area contributed by atoms with Crippen molar-refractivity contribution in [3.63, 3.8) is 0 Å². The number of amides is 1. The lowest BCUT2D eigenvalue weighted by molar-refractivity contribution is -0.130. The van der Waals surface area contributed by atoms with Gasteiger partial charge in [-0.2, -0.15) is 0 Å². The highest BCUT2D eigenvalue weighted by Crippen LogP contribution is 1.99. The Hall–Kier alpha value is -2.37. The van der Waals surface area contributed by atoms with Crippen molar-refractivity contribution >= 4 is 5.91 Å². The predicted octanol–water partition coefficient (Wildman–Crippen LogP) is 0.620. The van der Waals surface area contributed by atoms with Crippen molar-refractivity contribution < 1.29 is 4.79 Å². The van der Waals surface area contributed by atoms with E-state index in [-0.39, 0.29) is 11.5 Å². The van der Waals surface area contributed by atoms with Crippen molar-refractivity contribution in [2.75, 3.05) is 7.05 Å². The van der Waals surface area contributed by atoms with E-state index in [0.717, 1.165) is 5.82 Å². The number of rotatable bonds is 5. The van der Waals surface area contributed by atoms with Crippen LogP contribution < -0.4 is 5.56 Å². The Balaban J connectivity index is 1.87. The summed E-state index contributed by atoms with van der Waals surface area (Å²) in [5.41, 5.74) is -0.0935. The summed E-state index contributed by atoms with van der Waals surface area (Å²) in [6.45, 7) is 0.830. The number of aromatic nitrogens is 3. The largest absolute Gasteiger partial charge is 0.347 e. The van der Waals surface area contributed by atoms with Crippen molar-refractivity contribution in [3.8, 4) is 0 Å². The second-order valence-electron chi connectivity index (χ2n) is 4.27. The molecule has 6 heteroatoms. The highest BCUT2D eigenvalue weighted by molar-refractivity contribution is 5.75. The van der Waals surface area contributed by atoms with Gasteiger partial charge in [0.2, 0.25) is 5.91 Å². The zero-order chi connectivity index (χ0) is 13.7. The molecule has 1 N–H and O–H groups in total. The molecule has 0 atom stereocenters. The highest BCUT2D eigenvalue weighted by Gasteiger charge is 2.10. The fourth-order valence-electron chi connectivity index (χ4n) is 1.75. The number of carbonyl (C=O) groups is 1. The normalized spacial score (nSPS) is 10.4. The number of nitrogens with zero attached hydrogens (tertiary/aromatic N) is 3. The number of hydrogen-bond donors (Lipinski definition) is 1. The van der Waals surface area contributed by atoms with E-state index >= 15 is 0 Å². The maximum absolute atomic E-state index is 11.9. The van der Waals surface area contributed by atoms with Gasteiger partial charge in [-0.15, -0.1) is 0 Å². The third-order valence-corrected chi connectivity index (χ3v) is 2.83. The molecule has 0 radical (unpaired) electrons. The molecule has 0 spiro atoms. The number of hydrogen-bond acceptors (Lipinski definition) is 3. The molecule has 100 valence electrons. The van der Waals surface area contributed by atoms with Gasteiger partial charge in [0.05, 0.1) is 6.54 Å². The van der Waals surface area contributed by atoms with Crippen molar-refractivity contribution in [2.24, 2.45) is 0 Å². The zero-order valence-electron chi connectivity index (χ0n) is 10.7. The number of aromatic amines is 1. The molecule has 0 bridgehead atoms. The lowest BCUT2D eigenvalue weighted by atomic mass is 10.3. The van der Waals surface area contributed by atoms with Crippen LogP contribution in [0, 0.1) is 0 Å². The second kappa shape index (κ2) is 5.99. The predicted molar refractivity (Wildman–Crippen MR) is 70.4 cm³/mol. The maximum atomic E-state index is 11.9. The summed E-state index contributed by atoms with van der Waals surface area (Å²) in [5, 5.41) is 0. The SMILES string of the molecule is CN(Cc1ncc[nH]1)C(=O)CCn1ccccc1=O. The first kappa shape index (κ1) is 13.1. The maximum Gasteiger partial charge on any atom is 0.250 e. The van der Waals surface area contributed by atoms with Gasteiger partial charge in [0.15, 0.2) is 0 Å². The van der Waals surface area contributed by atoms with E-state index < -0.39 is 0 Å². The van der Waals surface area contributed by atoms with Gasteiger partial charge in [-0.1, -0.05) is 6.07 Å². The Morgan fingerprint density at radius 3 is 3.00 bits per heavy atom. The lowest BCUT2D eigenvalue weighted by Gasteiger charge is -2.16. The topological polar surface area (TPSA) is 71.0 Å². The summed E-state index contributed by atoms with van der Waals surface area (Å²) < 4.78 is 1.53. The number of aryl methyl sites for hydroxylation is 1. The van der Waals surface area contributed by atoms with Gasteiger partial charge in [-0.05, 0) is 6.07 Å². The third kappa shape index (κ3) is 3.54. The minimum atomic E-state index is -0.0935. The van der Waals surface area contributed by atoms with Crippen LogP contribution in [-0.4, -0.2) is 32.4 Å². The average molecular weight is 260 g/mol. The van der Waals surface area contributed by atoms with Crippen LogP contribution in [0.5, 0.6) is 0 Å². The van der Waals surface area contributed by atoms with Crippen LogP contribution in [0.3, 0.4) is 0 Å². The van der Waals surface area contributed by atoms with E-state index in [1.807, 2.05) is 0 Å². The van der Waals surface area contributed by atoms with Crippen molar-refractivity contribution in [2.45, 2.75) is 19.5 Å². The van der Waals surface area contributed by atoms with Gasteiger partial charge in [-0.3, -0.25) is 9.59 Å². The monoisotopic (exact) mass is 260 g/mol. The molecule has 0 unspecified atom stereocenters. The molecule has 1 amide bonds. The van der Waals surface area contributed by atoms with Crippen molar-refractivity contribution in [1.29, 1.82) is 0 Å². The van der Waals surface area contributed by atoms with Gasteiger partial charge in [0.1, 0.15) is 5.82 Å². The Labute approximate surface area is 110 Å². The molecule has 0 fully saturated rings. The Bertz CT molecular complexity index is 589. The summed E-state index contributed by atoms with van der Waals surface area (Å²) in [5.74, 6) is 0.722. The van der Waals surface area contributed by atoms with E-state index in [2.05, 4.69) is 9.97 Å². The molecule has 2 rings (SSSR count). The zero-order valence-corrected chi connectivity index (χ0v) is 10.7. The number of pyridine rings is 1. The quantitative estimate of drug-likeness (QED) is 0.856. The highest BCUT2D eigenvalue weighted by atomic mass is 16.2. The smallest absolute Gasteiger partial charge is 0.250 e. The Morgan fingerprint density at radius 1 is 1.47 bits per heavy atom. The van der Waals surface area contributed by atoms with Crippen LogP contribution >= 0.6 is 0 Å². The van der Waals surface area contributed by atoms with Crippen LogP contribution in [0.1, 0.15) is 12.2 Å². The van der Waals surface area contributed by atoms with Crippen LogP contribution in [-0.2, 0) is 17.9 Å². The molecule has 0 aliphatic rings. The van der Waals surface area contributed by atoms with Gasteiger partial charge in [-0.25, -0.2) is 4.98 Å². The molecule has 2 aromatic heterocycles. The molecule has 2 heterocycles. The van der Waals surface area contributed by atoms with E-state index in [0.29, 0.717) is 19.5 Å². The first-order valence-corrected chi connectivity index (χ1v) is 6.04. The van der Waals surface area contributed by atoms with Gasteiger partial charge in [0.25, 0.3) is 5.56 Å². The molecule has 0 saturated carbocycles. The number of imidazole rings is 1. The third-order valence-electron chi connectivity index (χ3n) is 2.83. The molecule has 0 aromatic carbocycles. The van der Waals surface area contributed by atoms with Crippen LogP contribution in [0.15, 0.2) is 41.6 Å². The average Bonchev–Trinajstić information content (AvgIpc) is 2.90. The fourth-order valence-corrected chi connectivity index (χ4v) is 1.75. The molecule has 2 aromatic rings. The molecular formula is C13H16N4O2. The summed E-state index contributed by atoms with van der Waals surface area (Å²) in [7, 11) is 1.72. The summed E-state index contributed by atoms with van der Waals surface area (Å²) >= 11 is 0. The number of nitrogens with one attached hydrogen (secondary N) is 1. The summed E-state index contributed by atoms with van der Waals surface area (Å²) in [6, 6.07) is 4.94. The first-order chi connectivity index (χ1) is 9.16. The molecule has 0 saturated heterocycles. The van der Waals surface area contributed by atoms with Crippen LogP contribution in [0.4, 0.5) is 0 Å². The van der Waals surface area contributed by atoms with E-state index in [9.17, 15) is 9.59 Å². The van der Waals surface area contributed by atoms with Gasteiger partial charge < -0.3 is 14.5 Å². The second-order valence-corrected chi connectivity index (χ2v) is 4.27. The van der Waals surface area contributed by atoms with Crippen molar-refractivity contribution in [3.05, 3.63) is 53.0 Å².